The largest absolute Gasteiger partial charge is 0.484 e. The van der Waals surface area contributed by atoms with Crippen molar-refractivity contribution in [2.75, 3.05) is 6.61 Å². The van der Waals surface area contributed by atoms with Crippen LogP contribution >= 0.6 is 11.6 Å². The minimum atomic E-state index is -1.27. The molecule has 0 aliphatic rings. The lowest BCUT2D eigenvalue weighted by Crippen LogP contribution is -2.53. The van der Waals surface area contributed by atoms with E-state index in [-0.39, 0.29) is 6.61 Å². The molecule has 2 N–H and O–H groups in total. The van der Waals surface area contributed by atoms with Gasteiger partial charge in [-0.25, -0.2) is 4.79 Å². The minimum Gasteiger partial charge on any atom is -0.484 e. The Morgan fingerprint density at radius 1 is 1.35 bits per heavy atom. The topological polar surface area (TPSA) is 75.6 Å². The third-order valence-corrected chi connectivity index (χ3v) is 3.07. The number of carboxylic acid groups (broad SMARTS) is 1. The number of carbonyl (C=O) groups is 2. The van der Waals surface area contributed by atoms with Crippen molar-refractivity contribution in [1.29, 1.82) is 0 Å². The van der Waals surface area contributed by atoms with E-state index < -0.39 is 17.4 Å². The summed E-state index contributed by atoms with van der Waals surface area (Å²) >= 11 is 5.73. The molecule has 1 atom stereocenters. The van der Waals surface area contributed by atoms with Gasteiger partial charge in [-0.15, -0.1) is 0 Å². The maximum atomic E-state index is 11.8. The number of carbonyl (C=O) groups excluding carboxylic acids is 1. The molecule has 0 spiro atoms. The van der Waals surface area contributed by atoms with E-state index in [1.165, 1.54) is 6.92 Å². The fraction of sp³-hybridized carbons (Fsp3) is 0.429. The van der Waals surface area contributed by atoms with Crippen LogP contribution in [0, 0.1) is 0 Å². The predicted octanol–water partition coefficient (Wildman–Crippen LogP) is 2.48. The molecule has 1 rings (SSSR count). The number of hydrogen-bond acceptors (Lipinski definition) is 3. The maximum absolute atomic E-state index is 11.8. The standard InChI is InChI=1S/C14H18ClNO4/c1-3-8-14(2,13(18)19)16-12(17)9-20-11-6-4-10(15)5-7-11/h4-7H,3,8-9H2,1-2H3,(H,16,17)(H,18,19). The Morgan fingerprint density at radius 3 is 2.45 bits per heavy atom. The summed E-state index contributed by atoms with van der Waals surface area (Å²) in [6.07, 6.45) is 1.01. The molecule has 1 aromatic rings. The van der Waals surface area contributed by atoms with Crippen LogP contribution in [0.4, 0.5) is 0 Å². The first-order chi connectivity index (χ1) is 9.37. The van der Waals surface area contributed by atoms with E-state index in [4.69, 9.17) is 21.4 Å². The number of carboxylic acids is 1. The Kier molecular flexibility index (Phi) is 5.82. The van der Waals surface area contributed by atoms with Crippen LogP contribution in [0.2, 0.25) is 5.02 Å². The van der Waals surface area contributed by atoms with E-state index in [0.717, 1.165) is 0 Å². The molecule has 6 heteroatoms. The van der Waals surface area contributed by atoms with Crippen LogP contribution in [0.1, 0.15) is 26.7 Å². The number of rotatable bonds is 7. The van der Waals surface area contributed by atoms with Crippen LogP contribution < -0.4 is 10.1 Å². The number of aliphatic carboxylic acids is 1. The van der Waals surface area contributed by atoms with Crippen molar-refractivity contribution in [3.63, 3.8) is 0 Å². The molecule has 0 aliphatic heterocycles. The molecular formula is C14H18ClNO4. The lowest BCUT2D eigenvalue weighted by molar-refractivity contribution is -0.147. The summed E-state index contributed by atoms with van der Waals surface area (Å²) in [7, 11) is 0. The summed E-state index contributed by atoms with van der Waals surface area (Å²) in [5.74, 6) is -1.03. The van der Waals surface area contributed by atoms with Gasteiger partial charge in [0.25, 0.3) is 5.91 Å². The average Bonchev–Trinajstić information content (AvgIpc) is 2.38. The number of amides is 1. The number of nitrogens with one attached hydrogen (secondary N) is 1. The highest BCUT2D eigenvalue weighted by molar-refractivity contribution is 6.30. The van der Waals surface area contributed by atoms with Gasteiger partial charge in [0.2, 0.25) is 0 Å². The predicted molar refractivity (Wildman–Crippen MR) is 76.0 cm³/mol. The quantitative estimate of drug-likeness (QED) is 0.811. The summed E-state index contributed by atoms with van der Waals surface area (Å²) in [6.45, 7) is 3.10. The first-order valence-corrected chi connectivity index (χ1v) is 6.68. The van der Waals surface area contributed by atoms with Crippen molar-refractivity contribution in [1.82, 2.24) is 5.32 Å². The van der Waals surface area contributed by atoms with Gasteiger partial charge in [0.15, 0.2) is 6.61 Å². The van der Waals surface area contributed by atoms with Crippen molar-refractivity contribution in [3.05, 3.63) is 29.3 Å². The van der Waals surface area contributed by atoms with Crippen molar-refractivity contribution in [2.45, 2.75) is 32.2 Å². The highest BCUT2D eigenvalue weighted by Gasteiger charge is 2.33. The van der Waals surface area contributed by atoms with Gasteiger partial charge in [-0.3, -0.25) is 4.79 Å². The van der Waals surface area contributed by atoms with Crippen LogP contribution in [0.5, 0.6) is 5.75 Å². The van der Waals surface area contributed by atoms with Gasteiger partial charge in [0.1, 0.15) is 11.3 Å². The summed E-state index contributed by atoms with van der Waals surface area (Å²) in [4.78, 5) is 22.9. The zero-order valence-electron chi connectivity index (χ0n) is 11.5. The normalized spacial score (nSPS) is 13.3. The molecule has 5 nitrogen and oxygen atoms in total. The third-order valence-electron chi connectivity index (χ3n) is 2.82. The van der Waals surface area contributed by atoms with Gasteiger partial charge in [-0.05, 0) is 37.6 Å². The molecule has 110 valence electrons. The minimum absolute atomic E-state index is 0.242. The average molecular weight is 300 g/mol. The summed E-state index contributed by atoms with van der Waals surface area (Å²) in [5, 5.41) is 12.2. The van der Waals surface area contributed by atoms with E-state index in [2.05, 4.69) is 5.32 Å². The highest BCUT2D eigenvalue weighted by atomic mass is 35.5. The lowest BCUT2D eigenvalue weighted by atomic mass is 9.96. The fourth-order valence-corrected chi connectivity index (χ4v) is 1.87. The molecule has 1 aromatic carbocycles. The van der Waals surface area contributed by atoms with E-state index in [0.29, 0.717) is 23.6 Å². The molecule has 0 heterocycles. The lowest BCUT2D eigenvalue weighted by Gasteiger charge is -2.25. The molecule has 0 saturated heterocycles. The van der Waals surface area contributed by atoms with Crippen LogP contribution in [0.3, 0.4) is 0 Å². The molecule has 0 bridgehead atoms. The maximum Gasteiger partial charge on any atom is 0.329 e. The molecule has 0 aromatic heterocycles. The van der Waals surface area contributed by atoms with Gasteiger partial charge in [-0.1, -0.05) is 24.9 Å². The Hall–Kier alpha value is -1.75. The van der Waals surface area contributed by atoms with E-state index in [9.17, 15) is 9.59 Å². The monoisotopic (exact) mass is 299 g/mol. The molecule has 0 aliphatic carbocycles. The molecule has 1 unspecified atom stereocenters. The van der Waals surface area contributed by atoms with Crippen LogP contribution in [-0.4, -0.2) is 29.1 Å². The molecule has 0 radical (unpaired) electrons. The molecule has 0 saturated carbocycles. The van der Waals surface area contributed by atoms with Crippen LogP contribution in [-0.2, 0) is 9.59 Å². The zero-order valence-corrected chi connectivity index (χ0v) is 12.2. The van der Waals surface area contributed by atoms with Crippen molar-refractivity contribution >= 4 is 23.5 Å². The molecule has 0 fully saturated rings. The SMILES string of the molecule is CCCC(C)(NC(=O)COc1ccc(Cl)cc1)C(=O)O. The number of benzene rings is 1. The molecule has 20 heavy (non-hydrogen) atoms. The van der Waals surface area contributed by atoms with Crippen molar-refractivity contribution < 1.29 is 19.4 Å². The van der Waals surface area contributed by atoms with E-state index in [1.54, 1.807) is 24.3 Å². The number of halogens is 1. The van der Waals surface area contributed by atoms with E-state index in [1.807, 2.05) is 6.92 Å². The third kappa shape index (κ3) is 4.74. The van der Waals surface area contributed by atoms with Gasteiger partial charge in [-0.2, -0.15) is 0 Å². The summed E-state index contributed by atoms with van der Waals surface area (Å²) < 4.78 is 5.26. The first kappa shape index (κ1) is 16.3. The summed E-state index contributed by atoms with van der Waals surface area (Å²) in [6, 6.07) is 6.57. The summed E-state index contributed by atoms with van der Waals surface area (Å²) in [5.41, 5.74) is -1.27. The Bertz CT molecular complexity index is 475. The first-order valence-electron chi connectivity index (χ1n) is 6.30. The second kappa shape index (κ2) is 7.14. The number of ether oxygens (including phenoxy) is 1. The second-order valence-corrected chi connectivity index (χ2v) is 5.11. The Labute approximate surface area is 122 Å². The van der Waals surface area contributed by atoms with Gasteiger partial charge in [0.05, 0.1) is 0 Å². The molecular weight excluding hydrogens is 282 g/mol. The Balaban J connectivity index is 2.54. The highest BCUT2D eigenvalue weighted by Crippen LogP contribution is 2.16. The smallest absolute Gasteiger partial charge is 0.329 e. The molecule has 1 amide bonds. The second-order valence-electron chi connectivity index (χ2n) is 4.68. The van der Waals surface area contributed by atoms with Gasteiger partial charge in [0, 0.05) is 5.02 Å². The fourth-order valence-electron chi connectivity index (χ4n) is 1.75. The van der Waals surface area contributed by atoms with Crippen molar-refractivity contribution in [2.24, 2.45) is 0 Å². The zero-order chi connectivity index (χ0) is 15.2. The van der Waals surface area contributed by atoms with Crippen LogP contribution in [0.25, 0.3) is 0 Å². The Morgan fingerprint density at radius 2 is 1.95 bits per heavy atom. The van der Waals surface area contributed by atoms with Crippen molar-refractivity contribution in [3.8, 4) is 5.75 Å². The van der Waals surface area contributed by atoms with Crippen LogP contribution in [0.15, 0.2) is 24.3 Å². The van der Waals surface area contributed by atoms with Gasteiger partial charge >= 0.3 is 5.97 Å². The van der Waals surface area contributed by atoms with E-state index >= 15 is 0 Å². The van der Waals surface area contributed by atoms with Gasteiger partial charge < -0.3 is 15.2 Å². The number of hydrogen-bond donors (Lipinski definition) is 2.